The number of hydrogen-bond donors (Lipinski definition) is 4. The third-order valence-corrected chi connectivity index (χ3v) is 5.86. The summed E-state index contributed by atoms with van der Waals surface area (Å²) < 4.78 is 0. The minimum Gasteiger partial charge on any atom is -0.342 e. The fourth-order valence-corrected chi connectivity index (χ4v) is 4.03. The number of aldehydes is 1. The van der Waals surface area contributed by atoms with Gasteiger partial charge >= 0.3 is 0 Å². The molecule has 34 heavy (non-hydrogen) atoms. The van der Waals surface area contributed by atoms with Crippen molar-refractivity contribution in [3.63, 3.8) is 0 Å². The zero-order valence-electron chi connectivity index (χ0n) is 18.6. The summed E-state index contributed by atoms with van der Waals surface area (Å²) in [6.45, 7) is 0. The van der Waals surface area contributed by atoms with Gasteiger partial charge in [-0.1, -0.05) is 55.3 Å². The average Bonchev–Trinajstić information content (AvgIpc) is 3.32. The Hall–Kier alpha value is -4.04. The summed E-state index contributed by atoms with van der Waals surface area (Å²) in [5.41, 5.74) is 4.34. The first-order valence-corrected chi connectivity index (χ1v) is 11.3. The number of fused-ring (bicyclic) bond motifs is 3. The predicted molar refractivity (Wildman–Crippen MR) is 129 cm³/mol. The molecule has 0 bridgehead atoms. The quantitative estimate of drug-likeness (QED) is 0.121. The molecule has 4 rings (SSSR count). The standard InChI is InChI=1S/C26H26N4O4/c31-16-17-10-12-19(13-11-17)26(33)28-22(8-2-1-3-9-23(32)30-34)25-27-21-15-14-18-6-4-5-7-20(18)24(21)29-25/h4-7,10-16,22,34H,1-3,8-9H2,(H,27,29)(H,28,33)(H,30,32). The van der Waals surface area contributed by atoms with Crippen molar-refractivity contribution in [3.8, 4) is 0 Å². The van der Waals surface area contributed by atoms with E-state index in [0.29, 0.717) is 29.8 Å². The molecule has 2 amide bonds. The van der Waals surface area contributed by atoms with E-state index in [0.717, 1.165) is 40.9 Å². The molecule has 1 atom stereocenters. The van der Waals surface area contributed by atoms with Crippen molar-refractivity contribution in [2.24, 2.45) is 0 Å². The highest BCUT2D eigenvalue weighted by molar-refractivity contribution is 6.04. The number of hydrogen-bond acceptors (Lipinski definition) is 5. The van der Waals surface area contributed by atoms with Crippen LogP contribution >= 0.6 is 0 Å². The molecule has 0 aliphatic heterocycles. The third kappa shape index (κ3) is 5.29. The van der Waals surface area contributed by atoms with Gasteiger partial charge in [-0.15, -0.1) is 0 Å². The molecule has 174 valence electrons. The van der Waals surface area contributed by atoms with Crippen LogP contribution in [-0.4, -0.2) is 33.3 Å². The lowest BCUT2D eigenvalue weighted by Gasteiger charge is -2.17. The molecule has 0 saturated carbocycles. The van der Waals surface area contributed by atoms with Crippen LogP contribution in [0.5, 0.6) is 0 Å². The van der Waals surface area contributed by atoms with Gasteiger partial charge in [-0.25, -0.2) is 10.5 Å². The van der Waals surface area contributed by atoms with Gasteiger partial charge in [0.1, 0.15) is 12.1 Å². The van der Waals surface area contributed by atoms with E-state index in [1.54, 1.807) is 29.7 Å². The van der Waals surface area contributed by atoms with Crippen molar-refractivity contribution in [1.29, 1.82) is 0 Å². The maximum absolute atomic E-state index is 13.0. The van der Waals surface area contributed by atoms with Crippen LogP contribution in [0.15, 0.2) is 60.7 Å². The van der Waals surface area contributed by atoms with Gasteiger partial charge in [0.2, 0.25) is 5.91 Å². The zero-order chi connectivity index (χ0) is 23.9. The van der Waals surface area contributed by atoms with Gasteiger partial charge < -0.3 is 10.3 Å². The molecular formula is C26H26N4O4. The number of hydroxylamine groups is 1. The summed E-state index contributed by atoms with van der Waals surface area (Å²) in [5, 5.41) is 13.8. The van der Waals surface area contributed by atoms with Crippen molar-refractivity contribution in [2.75, 3.05) is 0 Å². The Morgan fingerprint density at radius 1 is 1.00 bits per heavy atom. The molecule has 8 heteroatoms. The van der Waals surface area contributed by atoms with E-state index >= 15 is 0 Å². The van der Waals surface area contributed by atoms with Crippen LogP contribution < -0.4 is 10.8 Å². The molecule has 0 aliphatic carbocycles. The van der Waals surface area contributed by atoms with Crippen molar-refractivity contribution in [3.05, 3.63) is 77.6 Å². The third-order valence-electron chi connectivity index (χ3n) is 5.86. The monoisotopic (exact) mass is 458 g/mol. The lowest BCUT2D eigenvalue weighted by Crippen LogP contribution is -2.29. The Morgan fingerprint density at radius 2 is 1.79 bits per heavy atom. The fourth-order valence-electron chi connectivity index (χ4n) is 4.03. The molecule has 0 aliphatic rings. The normalized spacial score (nSPS) is 11.9. The second-order valence-electron chi connectivity index (χ2n) is 8.21. The molecule has 0 saturated heterocycles. The summed E-state index contributed by atoms with van der Waals surface area (Å²) in [5.74, 6) is -0.00229. The number of unbranched alkanes of at least 4 members (excludes halogenated alkanes) is 2. The maximum atomic E-state index is 13.0. The molecule has 1 unspecified atom stereocenters. The van der Waals surface area contributed by atoms with Crippen molar-refractivity contribution in [2.45, 2.75) is 38.1 Å². The molecule has 4 N–H and O–H groups in total. The lowest BCUT2D eigenvalue weighted by atomic mass is 10.1. The highest BCUT2D eigenvalue weighted by Gasteiger charge is 2.20. The van der Waals surface area contributed by atoms with Crippen LogP contribution in [0, 0.1) is 0 Å². The summed E-state index contributed by atoms with van der Waals surface area (Å²) >= 11 is 0. The number of benzene rings is 3. The first-order chi connectivity index (χ1) is 16.6. The highest BCUT2D eigenvalue weighted by Crippen LogP contribution is 2.27. The van der Waals surface area contributed by atoms with Crippen molar-refractivity contribution >= 4 is 39.9 Å². The molecule has 1 heterocycles. The van der Waals surface area contributed by atoms with E-state index in [2.05, 4.69) is 10.3 Å². The van der Waals surface area contributed by atoms with Gasteiger partial charge in [0.05, 0.1) is 17.1 Å². The second kappa shape index (κ2) is 10.7. The van der Waals surface area contributed by atoms with Gasteiger partial charge in [-0.3, -0.25) is 19.6 Å². The summed E-state index contributed by atoms with van der Waals surface area (Å²) in [4.78, 5) is 43.3. The Kier molecular flexibility index (Phi) is 7.29. The SMILES string of the molecule is O=Cc1ccc(C(=O)NC(CCCCCC(=O)NO)c2nc3c(ccc4ccccc43)[nH]2)cc1. The van der Waals surface area contributed by atoms with E-state index in [-0.39, 0.29) is 18.4 Å². The Balaban J connectivity index is 1.56. The topological polar surface area (TPSA) is 124 Å². The van der Waals surface area contributed by atoms with E-state index in [1.165, 1.54) is 0 Å². The van der Waals surface area contributed by atoms with E-state index in [4.69, 9.17) is 10.2 Å². The highest BCUT2D eigenvalue weighted by atomic mass is 16.5. The first kappa shape index (κ1) is 23.1. The van der Waals surface area contributed by atoms with Gasteiger partial charge in [-0.05, 0) is 36.4 Å². The summed E-state index contributed by atoms with van der Waals surface area (Å²) in [6, 6.07) is 18.1. The van der Waals surface area contributed by atoms with E-state index in [9.17, 15) is 14.4 Å². The maximum Gasteiger partial charge on any atom is 0.251 e. The van der Waals surface area contributed by atoms with Crippen LogP contribution in [0.25, 0.3) is 21.8 Å². The number of aromatic amines is 1. The van der Waals surface area contributed by atoms with Crippen LogP contribution in [0.2, 0.25) is 0 Å². The molecule has 0 fully saturated rings. The van der Waals surface area contributed by atoms with Crippen LogP contribution in [0.3, 0.4) is 0 Å². The van der Waals surface area contributed by atoms with Crippen molar-refractivity contribution < 1.29 is 19.6 Å². The number of nitrogens with one attached hydrogen (secondary N) is 3. The Morgan fingerprint density at radius 3 is 2.56 bits per heavy atom. The summed E-state index contributed by atoms with van der Waals surface area (Å²) in [6.07, 6.45) is 3.75. The van der Waals surface area contributed by atoms with Gasteiger partial charge in [0.25, 0.3) is 5.91 Å². The number of carbonyl (C=O) groups excluding carboxylic acids is 3. The predicted octanol–water partition coefficient (Wildman–Crippen LogP) is 4.46. The van der Waals surface area contributed by atoms with Crippen LogP contribution in [-0.2, 0) is 4.79 Å². The minimum atomic E-state index is -0.409. The Labute approximate surface area is 196 Å². The number of H-pyrrole nitrogens is 1. The molecule has 0 radical (unpaired) electrons. The largest absolute Gasteiger partial charge is 0.342 e. The van der Waals surface area contributed by atoms with E-state index in [1.807, 2.05) is 36.4 Å². The lowest BCUT2D eigenvalue weighted by molar-refractivity contribution is -0.129. The van der Waals surface area contributed by atoms with Crippen LogP contribution in [0.4, 0.5) is 0 Å². The van der Waals surface area contributed by atoms with Crippen LogP contribution in [0.1, 0.15) is 64.7 Å². The number of imidazole rings is 1. The van der Waals surface area contributed by atoms with Gasteiger partial charge in [0, 0.05) is 22.9 Å². The molecule has 3 aromatic carbocycles. The number of aromatic nitrogens is 2. The molecule has 4 aromatic rings. The smallest absolute Gasteiger partial charge is 0.251 e. The molecule has 0 spiro atoms. The number of nitrogens with zero attached hydrogens (tertiary/aromatic N) is 1. The van der Waals surface area contributed by atoms with Gasteiger partial charge in [-0.2, -0.15) is 0 Å². The summed E-state index contributed by atoms with van der Waals surface area (Å²) in [7, 11) is 0. The molecule has 1 aromatic heterocycles. The van der Waals surface area contributed by atoms with Gasteiger partial charge in [0.15, 0.2) is 0 Å². The zero-order valence-corrected chi connectivity index (χ0v) is 18.6. The first-order valence-electron chi connectivity index (χ1n) is 11.3. The minimum absolute atomic E-state index is 0.243. The second-order valence-corrected chi connectivity index (χ2v) is 8.21. The number of amides is 2. The van der Waals surface area contributed by atoms with Crippen molar-refractivity contribution in [1.82, 2.24) is 20.8 Å². The number of rotatable bonds is 10. The Bertz CT molecular complexity index is 1310. The molecule has 8 nitrogen and oxygen atoms in total. The molecular weight excluding hydrogens is 432 g/mol. The van der Waals surface area contributed by atoms with E-state index < -0.39 is 5.91 Å². The number of carbonyl (C=O) groups is 3. The average molecular weight is 459 g/mol. The fraction of sp³-hybridized carbons (Fsp3) is 0.231.